The molecular weight excluding hydrogens is 414 g/mol. The summed E-state index contributed by atoms with van der Waals surface area (Å²) >= 11 is 0. The first-order valence-electron chi connectivity index (χ1n) is 9.98. The molecule has 1 aliphatic rings. The number of hydrogen-bond acceptors (Lipinski definition) is 7. The van der Waals surface area contributed by atoms with Crippen molar-refractivity contribution in [1.82, 2.24) is 24.6 Å². The van der Waals surface area contributed by atoms with Crippen molar-refractivity contribution in [3.8, 4) is 12.0 Å². The molecule has 0 N–H and O–H groups in total. The van der Waals surface area contributed by atoms with Gasteiger partial charge in [-0.2, -0.15) is 10.4 Å². The molecule has 0 unspecified atom stereocenters. The van der Waals surface area contributed by atoms with E-state index < -0.39 is 0 Å². The molecule has 1 saturated heterocycles. The van der Waals surface area contributed by atoms with Gasteiger partial charge < -0.3 is 4.90 Å². The minimum Gasteiger partial charge on any atom is -0.369 e. The topological polar surface area (TPSA) is 90.9 Å². The zero-order valence-electron chi connectivity index (χ0n) is 17.3. The molecule has 3 aromatic rings. The number of Topliss-reactive ketones (excluding diaryl/α,β-unsaturated/α-hetero) is 1. The van der Waals surface area contributed by atoms with E-state index in [4.69, 9.17) is 5.26 Å². The highest BCUT2D eigenvalue weighted by molar-refractivity contribution is 5.97. The largest absolute Gasteiger partial charge is 0.369 e. The van der Waals surface area contributed by atoms with Crippen LogP contribution in [0.15, 0.2) is 48.9 Å². The Bertz CT molecular complexity index is 1070. The predicted octanol–water partition coefficient (Wildman–Crippen LogP) is 2.66. The highest BCUT2D eigenvalue weighted by Gasteiger charge is 2.20. The zero-order valence-corrected chi connectivity index (χ0v) is 18.1. The molecule has 1 aromatic carbocycles. The van der Waals surface area contributed by atoms with Gasteiger partial charge in [0.25, 0.3) is 5.95 Å². The number of benzene rings is 1. The highest BCUT2D eigenvalue weighted by Crippen LogP contribution is 2.18. The lowest BCUT2D eigenvalue weighted by Gasteiger charge is -2.36. The summed E-state index contributed by atoms with van der Waals surface area (Å²) in [7, 11) is 0. The third-order valence-electron chi connectivity index (χ3n) is 5.42. The number of anilines is 1. The Morgan fingerprint density at radius 2 is 1.87 bits per heavy atom. The van der Waals surface area contributed by atoms with Gasteiger partial charge in [-0.1, -0.05) is 6.07 Å². The summed E-state index contributed by atoms with van der Waals surface area (Å²) < 4.78 is 1.60. The second kappa shape index (κ2) is 10.2. The van der Waals surface area contributed by atoms with Gasteiger partial charge in [0, 0.05) is 57.2 Å². The van der Waals surface area contributed by atoms with Crippen molar-refractivity contribution in [2.45, 2.75) is 13.3 Å². The normalized spacial score (nSPS) is 14.0. The predicted molar refractivity (Wildman–Crippen MR) is 120 cm³/mol. The maximum absolute atomic E-state index is 12.7. The van der Waals surface area contributed by atoms with Crippen LogP contribution in [-0.4, -0.2) is 63.2 Å². The van der Waals surface area contributed by atoms with Crippen LogP contribution in [0.5, 0.6) is 0 Å². The van der Waals surface area contributed by atoms with E-state index in [1.807, 2.05) is 31.2 Å². The van der Waals surface area contributed by atoms with Crippen molar-refractivity contribution < 1.29 is 4.79 Å². The Labute approximate surface area is 187 Å². The first kappa shape index (κ1) is 22.4. The van der Waals surface area contributed by atoms with Crippen LogP contribution < -0.4 is 4.90 Å². The van der Waals surface area contributed by atoms with Crippen LogP contribution in [0.3, 0.4) is 0 Å². The van der Waals surface area contributed by atoms with Gasteiger partial charge in [-0.25, -0.2) is 14.6 Å². The number of nitrogens with zero attached hydrogens (tertiary/aromatic N) is 7. The smallest absolute Gasteiger partial charge is 0.250 e. The number of ketones is 1. The molecule has 0 spiro atoms. The van der Waals surface area contributed by atoms with E-state index >= 15 is 0 Å². The lowest BCUT2D eigenvalue weighted by atomic mass is 10.1. The average Bonchev–Trinajstić information content (AvgIpc) is 3.20. The van der Waals surface area contributed by atoms with Crippen LogP contribution in [0.4, 0.5) is 5.69 Å². The average molecular weight is 438 g/mol. The van der Waals surface area contributed by atoms with Crippen LogP contribution in [0.2, 0.25) is 0 Å². The number of hydrogen-bond donors (Lipinski definition) is 0. The van der Waals surface area contributed by atoms with Crippen LogP contribution in [0, 0.1) is 18.3 Å². The summed E-state index contributed by atoms with van der Waals surface area (Å²) in [5, 5.41) is 13.4. The molecule has 31 heavy (non-hydrogen) atoms. The van der Waals surface area contributed by atoms with Gasteiger partial charge in [0.2, 0.25) is 0 Å². The van der Waals surface area contributed by atoms with Gasteiger partial charge in [0.05, 0.1) is 29.1 Å². The molecule has 8 nitrogen and oxygen atoms in total. The van der Waals surface area contributed by atoms with E-state index in [-0.39, 0.29) is 18.2 Å². The monoisotopic (exact) mass is 437 g/mol. The minimum absolute atomic E-state index is 0. The van der Waals surface area contributed by atoms with Crippen molar-refractivity contribution >= 4 is 23.9 Å². The van der Waals surface area contributed by atoms with E-state index in [0.29, 0.717) is 23.5 Å². The number of carbonyl (C=O) groups is 1. The fourth-order valence-electron chi connectivity index (χ4n) is 3.68. The standard InChI is InChI=1S/C22H23N7O.ClH/c1-17-20(16-26-29(17)22-24-7-3-8-25-22)21(30)6-9-27-10-12-28(13-11-27)19-5-2-4-18(14-19)15-23;/h2-5,7-8,14,16H,6,9-13H2,1H3;1H. The molecule has 0 radical (unpaired) electrons. The van der Waals surface area contributed by atoms with Crippen LogP contribution >= 0.6 is 12.4 Å². The fraction of sp³-hybridized carbons (Fsp3) is 0.318. The van der Waals surface area contributed by atoms with Crippen molar-refractivity contribution in [1.29, 1.82) is 5.26 Å². The fourth-order valence-corrected chi connectivity index (χ4v) is 3.68. The lowest BCUT2D eigenvalue weighted by molar-refractivity contribution is 0.0962. The van der Waals surface area contributed by atoms with Crippen LogP contribution in [0.25, 0.3) is 5.95 Å². The van der Waals surface area contributed by atoms with Gasteiger partial charge >= 0.3 is 0 Å². The molecule has 4 rings (SSSR count). The highest BCUT2D eigenvalue weighted by atomic mass is 35.5. The number of nitriles is 1. The van der Waals surface area contributed by atoms with Crippen LogP contribution in [-0.2, 0) is 0 Å². The second-order valence-corrected chi connectivity index (χ2v) is 7.27. The molecule has 3 heterocycles. The molecule has 0 bridgehead atoms. The molecule has 9 heteroatoms. The summed E-state index contributed by atoms with van der Waals surface area (Å²) in [5.41, 5.74) is 3.14. The summed E-state index contributed by atoms with van der Waals surface area (Å²) in [5.74, 6) is 0.546. The number of carbonyl (C=O) groups excluding carboxylic acids is 1. The molecule has 0 amide bonds. The minimum atomic E-state index is 0. The second-order valence-electron chi connectivity index (χ2n) is 7.27. The van der Waals surface area contributed by atoms with Crippen molar-refractivity contribution in [3.05, 3.63) is 65.7 Å². The van der Waals surface area contributed by atoms with E-state index in [1.165, 1.54) is 0 Å². The summed E-state index contributed by atoms with van der Waals surface area (Å²) in [6.45, 7) is 6.12. The molecule has 0 saturated carbocycles. The first-order valence-corrected chi connectivity index (χ1v) is 9.98. The summed E-state index contributed by atoms with van der Waals surface area (Å²) in [6.07, 6.45) is 5.36. The Hall–Kier alpha value is -3.28. The molecule has 1 fully saturated rings. The van der Waals surface area contributed by atoms with E-state index in [0.717, 1.165) is 44.1 Å². The molecule has 0 atom stereocenters. The van der Waals surface area contributed by atoms with Crippen LogP contribution in [0.1, 0.15) is 28.0 Å². The van der Waals surface area contributed by atoms with Gasteiger partial charge in [-0.15, -0.1) is 12.4 Å². The summed E-state index contributed by atoms with van der Waals surface area (Å²) in [6, 6.07) is 11.6. The van der Waals surface area contributed by atoms with Crippen molar-refractivity contribution in [3.63, 3.8) is 0 Å². The van der Waals surface area contributed by atoms with Gasteiger partial charge in [0.1, 0.15) is 0 Å². The lowest BCUT2D eigenvalue weighted by Crippen LogP contribution is -2.46. The van der Waals surface area contributed by atoms with Crippen molar-refractivity contribution in [2.75, 3.05) is 37.6 Å². The van der Waals surface area contributed by atoms with E-state index in [9.17, 15) is 4.79 Å². The van der Waals surface area contributed by atoms with Gasteiger partial charge in [-0.3, -0.25) is 9.69 Å². The quantitative estimate of drug-likeness (QED) is 0.547. The Morgan fingerprint density at radius 3 is 2.58 bits per heavy atom. The van der Waals surface area contributed by atoms with E-state index in [1.54, 1.807) is 29.3 Å². The number of aromatic nitrogens is 4. The molecule has 160 valence electrons. The maximum atomic E-state index is 12.7. The number of rotatable bonds is 6. The maximum Gasteiger partial charge on any atom is 0.250 e. The summed E-state index contributed by atoms with van der Waals surface area (Å²) in [4.78, 5) is 25.7. The third-order valence-corrected chi connectivity index (χ3v) is 5.42. The van der Waals surface area contributed by atoms with E-state index in [2.05, 4.69) is 30.9 Å². The Balaban J connectivity index is 0.00000272. The number of halogens is 1. The molecule has 1 aliphatic heterocycles. The van der Waals surface area contributed by atoms with Gasteiger partial charge in [-0.05, 0) is 31.2 Å². The third kappa shape index (κ3) is 5.08. The molecule has 0 aliphatic carbocycles. The Morgan fingerprint density at radius 1 is 1.13 bits per heavy atom. The number of piperazine rings is 1. The molecule has 2 aromatic heterocycles. The molecular formula is C22H24ClN7O. The Kier molecular flexibility index (Phi) is 7.34. The zero-order chi connectivity index (χ0) is 20.9. The van der Waals surface area contributed by atoms with Crippen molar-refractivity contribution in [2.24, 2.45) is 0 Å². The SMILES string of the molecule is Cc1c(C(=O)CCN2CCN(c3cccc(C#N)c3)CC2)cnn1-c1ncccn1.Cl. The first-order chi connectivity index (χ1) is 14.7. The van der Waals surface area contributed by atoms with Gasteiger partial charge in [0.15, 0.2) is 5.78 Å².